The minimum absolute atomic E-state index is 0.0394. The van der Waals surface area contributed by atoms with Crippen LogP contribution < -0.4 is 5.32 Å². The maximum atomic E-state index is 12.7. The van der Waals surface area contributed by atoms with Crippen molar-refractivity contribution in [2.45, 2.75) is 19.3 Å². The van der Waals surface area contributed by atoms with Crippen LogP contribution >= 0.6 is 0 Å². The minimum Gasteiger partial charge on any atom is -0.325 e. The van der Waals surface area contributed by atoms with Gasteiger partial charge in [-0.3, -0.25) is 9.89 Å². The van der Waals surface area contributed by atoms with Crippen LogP contribution in [0.1, 0.15) is 19.4 Å². The molecule has 0 saturated carbocycles. The van der Waals surface area contributed by atoms with Crippen molar-refractivity contribution in [1.82, 2.24) is 10.2 Å². The molecule has 3 aromatic rings. The SMILES string of the molecule is CC(C)(C(=O)Nc1cccc2[nH]ncc12)c1ccccc1. The fourth-order valence-corrected chi connectivity index (χ4v) is 2.34. The Balaban J connectivity index is 1.91. The molecule has 0 aliphatic heterocycles. The topological polar surface area (TPSA) is 57.8 Å². The van der Waals surface area contributed by atoms with Gasteiger partial charge in [0.1, 0.15) is 0 Å². The van der Waals surface area contributed by atoms with E-state index in [2.05, 4.69) is 15.5 Å². The molecule has 0 radical (unpaired) electrons. The minimum atomic E-state index is -0.604. The Morgan fingerprint density at radius 2 is 1.86 bits per heavy atom. The first kappa shape index (κ1) is 13.4. The zero-order valence-corrected chi connectivity index (χ0v) is 12.1. The highest BCUT2D eigenvalue weighted by atomic mass is 16.2. The van der Waals surface area contributed by atoms with Crippen LogP contribution in [0.15, 0.2) is 54.7 Å². The number of H-pyrrole nitrogens is 1. The third-order valence-electron chi connectivity index (χ3n) is 3.80. The first-order valence-corrected chi connectivity index (χ1v) is 6.88. The van der Waals surface area contributed by atoms with Gasteiger partial charge in [-0.05, 0) is 31.5 Å². The van der Waals surface area contributed by atoms with Crippen molar-refractivity contribution in [3.63, 3.8) is 0 Å². The van der Waals surface area contributed by atoms with Crippen LogP contribution in [0.25, 0.3) is 10.9 Å². The highest BCUT2D eigenvalue weighted by Crippen LogP contribution is 2.27. The Morgan fingerprint density at radius 1 is 1.10 bits per heavy atom. The Bertz CT molecular complexity index is 775. The largest absolute Gasteiger partial charge is 0.325 e. The molecule has 1 amide bonds. The summed E-state index contributed by atoms with van der Waals surface area (Å²) in [4.78, 5) is 12.7. The van der Waals surface area contributed by atoms with E-state index in [9.17, 15) is 4.79 Å². The molecular formula is C17H17N3O. The van der Waals surface area contributed by atoms with Crippen LogP contribution in [-0.4, -0.2) is 16.1 Å². The average molecular weight is 279 g/mol. The summed E-state index contributed by atoms with van der Waals surface area (Å²) in [6, 6.07) is 15.5. The fraction of sp³-hybridized carbons (Fsp3) is 0.176. The lowest BCUT2D eigenvalue weighted by Gasteiger charge is -2.24. The summed E-state index contributed by atoms with van der Waals surface area (Å²) in [6.07, 6.45) is 1.72. The molecular weight excluding hydrogens is 262 g/mol. The van der Waals surface area contributed by atoms with E-state index in [1.54, 1.807) is 6.20 Å². The highest BCUT2D eigenvalue weighted by molar-refractivity contribution is 6.04. The van der Waals surface area contributed by atoms with Gasteiger partial charge in [0.25, 0.3) is 0 Å². The maximum absolute atomic E-state index is 12.7. The smallest absolute Gasteiger partial charge is 0.234 e. The van der Waals surface area contributed by atoms with E-state index in [-0.39, 0.29) is 5.91 Å². The number of hydrogen-bond acceptors (Lipinski definition) is 2. The summed E-state index contributed by atoms with van der Waals surface area (Å²) in [5, 5.41) is 10.8. The van der Waals surface area contributed by atoms with Crippen LogP contribution in [-0.2, 0) is 10.2 Å². The highest BCUT2D eigenvalue weighted by Gasteiger charge is 2.29. The van der Waals surface area contributed by atoms with Crippen molar-refractivity contribution in [3.05, 3.63) is 60.3 Å². The van der Waals surface area contributed by atoms with Crippen molar-refractivity contribution in [3.8, 4) is 0 Å². The number of carbonyl (C=O) groups excluding carboxylic acids is 1. The van der Waals surface area contributed by atoms with E-state index in [0.717, 1.165) is 22.2 Å². The number of hydrogen-bond donors (Lipinski definition) is 2. The van der Waals surface area contributed by atoms with Gasteiger partial charge in [-0.15, -0.1) is 0 Å². The summed E-state index contributed by atoms with van der Waals surface area (Å²) in [5.41, 5.74) is 2.06. The van der Waals surface area contributed by atoms with E-state index < -0.39 is 5.41 Å². The Kier molecular flexibility index (Phi) is 3.22. The predicted molar refractivity (Wildman–Crippen MR) is 84.2 cm³/mol. The van der Waals surface area contributed by atoms with E-state index >= 15 is 0 Å². The second kappa shape index (κ2) is 5.05. The number of amides is 1. The van der Waals surface area contributed by atoms with Gasteiger partial charge in [0.2, 0.25) is 5.91 Å². The summed E-state index contributed by atoms with van der Waals surface area (Å²) >= 11 is 0. The molecule has 0 atom stereocenters. The van der Waals surface area contributed by atoms with E-state index in [1.807, 2.05) is 62.4 Å². The normalized spacial score (nSPS) is 11.5. The van der Waals surface area contributed by atoms with Crippen molar-refractivity contribution >= 4 is 22.5 Å². The molecule has 0 aliphatic rings. The molecule has 3 rings (SSSR count). The van der Waals surface area contributed by atoms with E-state index in [1.165, 1.54) is 0 Å². The number of nitrogens with zero attached hydrogens (tertiary/aromatic N) is 1. The van der Waals surface area contributed by atoms with Gasteiger partial charge in [0, 0.05) is 5.39 Å². The lowest BCUT2D eigenvalue weighted by molar-refractivity contribution is -0.120. The second-order valence-electron chi connectivity index (χ2n) is 5.58. The molecule has 0 fully saturated rings. The zero-order chi connectivity index (χ0) is 14.9. The summed E-state index contributed by atoms with van der Waals surface area (Å²) in [5.74, 6) is -0.0394. The Hall–Kier alpha value is -2.62. The monoisotopic (exact) mass is 279 g/mol. The molecule has 0 aliphatic carbocycles. The van der Waals surface area contributed by atoms with Gasteiger partial charge in [-0.1, -0.05) is 36.4 Å². The number of anilines is 1. The van der Waals surface area contributed by atoms with Crippen molar-refractivity contribution < 1.29 is 4.79 Å². The molecule has 106 valence electrons. The molecule has 0 unspecified atom stereocenters. The van der Waals surface area contributed by atoms with E-state index in [4.69, 9.17) is 0 Å². The van der Waals surface area contributed by atoms with E-state index in [0.29, 0.717) is 0 Å². The van der Waals surface area contributed by atoms with Gasteiger partial charge < -0.3 is 5.32 Å². The molecule has 2 aromatic carbocycles. The molecule has 1 heterocycles. The predicted octanol–water partition coefficient (Wildman–Crippen LogP) is 3.48. The number of aromatic amines is 1. The van der Waals surface area contributed by atoms with Gasteiger partial charge in [-0.2, -0.15) is 5.10 Å². The number of benzene rings is 2. The molecule has 4 nitrogen and oxygen atoms in total. The van der Waals surface area contributed by atoms with Crippen LogP contribution in [0.2, 0.25) is 0 Å². The molecule has 1 aromatic heterocycles. The van der Waals surface area contributed by atoms with Crippen LogP contribution in [0.4, 0.5) is 5.69 Å². The third-order valence-corrected chi connectivity index (χ3v) is 3.80. The molecule has 4 heteroatoms. The van der Waals surface area contributed by atoms with Crippen LogP contribution in [0, 0.1) is 0 Å². The van der Waals surface area contributed by atoms with Crippen LogP contribution in [0.3, 0.4) is 0 Å². The summed E-state index contributed by atoms with van der Waals surface area (Å²) < 4.78 is 0. The molecule has 0 bridgehead atoms. The summed E-state index contributed by atoms with van der Waals surface area (Å²) in [6.45, 7) is 3.85. The van der Waals surface area contributed by atoms with Gasteiger partial charge in [0.05, 0.1) is 22.8 Å². The second-order valence-corrected chi connectivity index (χ2v) is 5.58. The van der Waals surface area contributed by atoms with Crippen molar-refractivity contribution in [2.75, 3.05) is 5.32 Å². The third kappa shape index (κ3) is 2.40. The average Bonchev–Trinajstić information content (AvgIpc) is 2.97. The molecule has 2 N–H and O–H groups in total. The summed E-state index contributed by atoms with van der Waals surface area (Å²) in [7, 11) is 0. The molecule has 0 spiro atoms. The quantitative estimate of drug-likeness (QED) is 0.771. The number of nitrogens with one attached hydrogen (secondary N) is 2. The Morgan fingerprint density at radius 3 is 2.62 bits per heavy atom. The van der Waals surface area contributed by atoms with Gasteiger partial charge in [-0.25, -0.2) is 0 Å². The van der Waals surface area contributed by atoms with Gasteiger partial charge >= 0.3 is 0 Å². The lowest BCUT2D eigenvalue weighted by Crippen LogP contribution is -2.34. The number of carbonyl (C=O) groups is 1. The first-order valence-electron chi connectivity index (χ1n) is 6.88. The standard InChI is InChI=1S/C17H17N3O/c1-17(2,12-7-4-3-5-8-12)16(21)19-14-9-6-10-15-13(14)11-18-20-15/h3-11H,1-2H3,(H,18,20)(H,19,21). The zero-order valence-electron chi connectivity index (χ0n) is 12.1. The Labute approximate surface area is 123 Å². The fourth-order valence-electron chi connectivity index (χ4n) is 2.34. The number of fused-ring (bicyclic) bond motifs is 1. The van der Waals surface area contributed by atoms with Gasteiger partial charge in [0.15, 0.2) is 0 Å². The number of aromatic nitrogens is 2. The van der Waals surface area contributed by atoms with Crippen molar-refractivity contribution in [2.24, 2.45) is 0 Å². The number of rotatable bonds is 3. The van der Waals surface area contributed by atoms with Crippen LogP contribution in [0.5, 0.6) is 0 Å². The first-order chi connectivity index (χ1) is 10.1. The molecule has 0 saturated heterocycles. The van der Waals surface area contributed by atoms with Crippen molar-refractivity contribution in [1.29, 1.82) is 0 Å². The lowest BCUT2D eigenvalue weighted by atomic mass is 9.83. The maximum Gasteiger partial charge on any atom is 0.234 e. The molecule has 21 heavy (non-hydrogen) atoms.